The van der Waals surface area contributed by atoms with E-state index in [1.54, 1.807) is 0 Å². The van der Waals surface area contributed by atoms with Gasteiger partial charge >= 0.3 is 0 Å². The Labute approximate surface area is 369 Å². The Morgan fingerprint density at radius 2 is 0.891 bits per heavy atom. The quantitative estimate of drug-likeness (QED) is 0.161. The van der Waals surface area contributed by atoms with Gasteiger partial charge in [0.1, 0.15) is 22.3 Å². The van der Waals surface area contributed by atoms with Crippen molar-refractivity contribution in [1.82, 2.24) is 4.57 Å². The first-order chi connectivity index (χ1) is 31.7. The van der Waals surface area contributed by atoms with E-state index in [2.05, 4.69) is 222 Å². The summed E-state index contributed by atoms with van der Waals surface area (Å²) in [5.74, 6) is 0. The average molecular weight is 819 g/mol. The summed E-state index contributed by atoms with van der Waals surface area (Å²) >= 11 is 0. The molecule has 0 amide bonds. The second-order valence-electron chi connectivity index (χ2n) is 16.4. The van der Waals surface area contributed by atoms with E-state index in [0.29, 0.717) is 0 Å². The van der Waals surface area contributed by atoms with Crippen LogP contribution in [0.1, 0.15) is 0 Å². The molecule has 13 aromatic rings. The van der Waals surface area contributed by atoms with Crippen LogP contribution < -0.4 is 4.90 Å². The minimum atomic E-state index is 0.857. The fraction of sp³-hybridized carbons (Fsp3) is 0. The van der Waals surface area contributed by atoms with E-state index >= 15 is 0 Å². The highest BCUT2D eigenvalue weighted by Crippen LogP contribution is 2.48. The number of hydrogen-bond acceptors (Lipinski definition) is 3. The van der Waals surface area contributed by atoms with Crippen molar-refractivity contribution < 1.29 is 8.83 Å². The molecule has 0 atom stereocenters. The van der Waals surface area contributed by atoms with Crippen molar-refractivity contribution in [3.05, 3.63) is 231 Å². The number of furan rings is 2. The fourth-order valence-electron chi connectivity index (χ4n) is 9.90. The largest absolute Gasteiger partial charge is 0.456 e. The smallest absolute Gasteiger partial charge is 0.143 e. The summed E-state index contributed by atoms with van der Waals surface area (Å²) in [5.41, 5.74) is 16.7. The molecule has 0 bridgehead atoms. The van der Waals surface area contributed by atoms with E-state index in [9.17, 15) is 0 Å². The molecule has 3 heterocycles. The number of benzene rings is 10. The van der Waals surface area contributed by atoms with Gasteiger partial charge in [-0.2, -0.15) is 0 Å². The molecule has 300 valence electrons. The Bertz CT molecular complexity index is 3840. The standard InChI is InChI=1S/C60H38N2O2/c1-2-15-39(16-3-1)40-29-33-42(34-30-40)61(53-23-9-6-19-47(53)49-22-14-28-58-59(49)50-21-8-13-27-57(50)63-58)44-37-51(60-52(38-44)48-20-7-12-26-56(48)64-60)41-31-35-43(36-32-41)62-54-24-10-4-17-45(54)46-18-5-11-25-55(46)62/h1-38H. The summed E-state index contributed by atoms with van der Waals surface area (Å²) in [7, 11) is 0. The summed E-state index contributed by atoms with van der Waals surface area (Å²) in [6.45, 7) is 0. The molecule has 0 aliphatic heterocycles. The van der Waals surface area contributed by atoms with Gasteiger partial charge in [-0.1, -0.05) is 158 Å². The molecule has 0 unspecified atom stereocenters. The van der Waals surface area contributed by atoms with Crippen molar-refractivity contribution in [1.29, 1.82) is 0 Å². The Morgan fingerprint density at radius 1 is 0.328 bits per heavy atom. The van der Waals surface area contributed by atoms with Gasteiger partial charge < -0.3 is 18.3 Å². The van der Waals surface area contributed by atoms with Gasteiger partial charge in [-0.05, 0) is 95.1 Å². The van der Waals surface area contributed by atoms with E-state index in [1.807, 2.05) is 18.2 Å². The van der Waals surface area contributed by atoms with Gasteiger partial charge in [-0.3, -0.25) is 0 Å². The number of hydrogen-bond donors (Lipinski definition) is 0. The van der Waals surface area contributed by atoms with Gasteiger partial charge in [0.2, 0.25) is 0 Å². The predicted octanol–water partition coefficient (Wildman–Crippen LogP) is 17.1. The molecule has 0 saturated carbocycles. The zero-order valence-electron chi connectivity index (χ0n) is 34.7. The molecule has 4 nitrogen and oxygen atoms in total. The first kappa shape index (κ1) is 36.1. The van der Waals surface area contributed by atoms with Crippen molar-refractivity contribution in [3.63, 3.8) is 0 Å². The molecule has 4 heteroatoms. The number of rotatable bonds is 7. The van der Waals surface area contributed by atoms with Crippen LogP contribution in [0.25, 0.3) is 105 Å². The van der Waals surface area contributed by atoms with Crippen LogP contribution in [0.3, 0.4) is 0 Å². The maximum atomic E-state index is 6.81. The average Bonchev–Trinajstić information content (AvgIpc) is 4.05. The van der Waals surface area contributed by atoms with E-state index < -0.39 is 0 Å². The molecule has 0 aliphatic carbocycles. The molecule has 0 N–H and O–H groups in total. The first-order valence-electron chi connectivity index (χ1n) is 21.7. The summed E-state index contributed by atoms with van der Waals surface area (Å²) in [4.78, 5) is 2.41. The van der Waals surface area contributed by atoms with Crippen LogP contribution in [-0.4, -0.2) is 4.57 Å². The van der Waals surface area contributed by atoms with Crippen LogP contribution in [0.5, 0.6) is 0 Å². The summed E-state index contributed by atoms with van der Waals surface area (Å²) in [5, 5.41) is 6.82. The number of aromatic nitrogens is 1. The van der Waals surface area contributed by atoms with Gasteiger partial charge in [-0.25, -0.2) is 0 Å². The van der Waals surface area contributed by atoms with E-state index in [1.165, 1.54) is 27.4 Å². The van der Waals surface area contributed by atoms with Crippen LogP contribution in [0.2, 0.25) is 0 Å². The fourth-order valence-corrected chi connectivity index (χ4v) is 9.90. The Kier molecular flexibility index (Phi) is 8.18. The SMILES string of the molecule is c1ccc(-c2ccc(N(c3cc(-c4ccc(-n5c6ccccc6c6ccccc65)cc4)c4oc5ccccc5c4c3)c3ccccc3-c3cccc4oc5ccccc5c34)cc2)cc1. The molecule has 3 aromatic heterocycles. The lowest BCUT2D eigenvalue weighted by Gasteiger charge is -2.29. The summed E-state index contributed by atoms with van der Waals surface area (Å²) in [6, 6.07) is 82.2. The highest BCUT2D eigenvalue weighted by atomic mass is 16.3. The number of fused-ring (bicyclic) bond motifs is 9. The van der Waals surface area contributed by atoms with Crippen LogP contribution in [0.4, 0.5) is 17.1 Å². The van der Waals surface area contributed by atoms with Crippen molar-refractivity contribution >= 4 is 82.7 Å². The van der Waals surface area contributed by atoms with Crippen LogP contribution in [-0.2, 0) is 0 Å². The molecule has 0 saturated heterocycles. The molecule has 10 aromatic carbocycles. The third kappa shape index (κ3) is 5.70. The van der Waals surface area contributed by atoms with Crippen LogP contribution in [0.15, 0.2) is 239 Å². The Morgan fingerprint density at radius 3 is 1.64 bits per heavy atom. The molecular weight excluding hydrogens is 781 g/mol. The second kappa shape index (κ2) is 14.5. The van der Waals surface area contributed by atoms with Gasteiger partial charge in [0, 0.05) is 60.5 Å². The third-order valence-corrected chi connectivity index (χ3v) is 12.8. The lowest BCUT2D eigenvalue weighted by atomic mass is 9.96. The normalized spacial score (nSPS) is 11.8. The zero-order valence-corrected chi connectivity index (χ0v) is 34.7. The lowest BCUT2D eigenvalue weighted by Crippen LogP contribution is -2.11. The first-order valence-corrected chi connectivity index (χ1v) is 21.7. The number of para-hydroxylation sites is 5. The Hall–Kier alpha value is -8.60. The molecule has 0 radical (unpaired) electrons. The van der Waals surface area contributed by atoms with Gasteiger partial charge in [0.05, 0.1) is 16.7 Å². The van der Waals surface area contributed by atoms with E-state index in [0.717, 1.165) is 94.4 Å². The molecule has 13 rings (SSSR count). The number of nitrogens with zero attached hydrogens (tertiary/aromatic N) is 2. The number of anilines is 3. The maximum Gasteiger partial charge on any atom is 0.143 e. The van der Waals surface area contributed by atoms with Crippen molar-refractivity contribution in [3.8, 4) is 39.1 Å². The van der Waals surface area contributed by atoms with E-state index in [-0.39, 0.29) is 0 Å². The monoisotopic (exact) mass is 818 g/mol. The van der Waals surface area contributed by atoms with Gasteiger partial charge in [0.25, 0.3) is 0 Å². The highest BCUT2D eigenvalue weighted by molar-refractivity contribution is 6.15. The molecular formula is C60H38N2O2. The van der Waals surface area contributed by atoms with Crippen molar-refractivity contribution in [2.75, 3.05) is 4.90 Å². The Balaban J connectivity index is 1.04. The molecule has 64 heavy (non-hydrogen) atoms. The summed E-state index contributed by atoms with van der Waals surface area (Å²) in [6.07, 6.45) is 0. The summed E-state index contributed by atoms with van der Waals surface area (Å²) < 4.78 is 15.6. The topological polar surface area (TPSA) is 34.5 Å². The predicted molar refractivity (Wildman–Crippen MR) is 266 cm³/mol. The van der Waals surface area contributed by atoms with Gasteiger partial charge in [-0.15, -0.1) is 0 Å². The minimum Gasteiger partial charge on any atom is -0.456 e. The third-order valence-electron chi connectivity index (χ3n) is 12.8. The highest BCUT2D eigenvalue weighted by Gasteiger charge is 2.24. The molecule has 0 fully saturated rings. The zero-order chi connectivity index (χ0) is 42.1. The lowest BCUT2D eigenvalue weighted by molar-refractivity contribution is 0.669. The van der Waals surface area contributed by atoms with Crippen LogP contribution >= 0.6 is 0 Å². The van der Waals surface area contributed by atoms with Crippen molar-refractivity contribution in [2.24, 2.45) is 0 Å². The maximum absolute atomic E-state index is 6.81. The van der Waals surface area contributed by atoms with Crippen molar-refractivity contribution in [2.45, 2.75) is 0 Å². The minimum absolute atomic E-state index is 0.857. The second-order valence-corrected chi connectivity index (χ2v) is 16.4. The molecule has 0 aliphatic rings. The van der Waals surface area contributed by atoms with Crippen LogP contribution in [0, 0.1) is 0 Å². The van der Waals surface area contributed by atoms with Gasteiger partial charge in [0.15, 0.2) is 0 Å². The van der Waals surface area contributed by atoms with E-state index in [4.69, 9.17) is 8.83 Å². The molecule has 0 spiro atoms.